The smallest absolute Gasteiger partial charge is 0.225 e. The molecule has 6 nitrogen and oxygen atoms in total. The number of carbonyl (C=O) groups excluding carboxylic acids is 1. The van der Waals surface area contributed by atoms with E-state index in [-0.39, 0.29) is 5.92 Å². The van der Waals surface area contributed by atoms with E-state index in [1.807, 2.05) is 26.2 Å². The normalized spacial score (nSPS) is 28.6. The first-order chi connectivity index (χ1) is 14.9. The van der Waals surface area contributed by atoms with Crippen molar-refractivity contribution >= 4 is 11.7 Å². The van der Waals surface area contributed by atoms with Crippen LogP contribution in [0.4, 0.5) is 5.95 Å². The number of nitrogens with zero attached hydrogens (tertiary/aromatic N) is 5. The van der Waals surface area contributed by atoms with Crippen LogP contribution in [-0.4, -0.2) is 69.9 Å². The van der Waals surface area contributed by atoms with Crippen LogP contribution in [0.25, 0.3) is 0 Å². The molecule has 2 aliphatic heterocycles. The second-order valence-corrected chi connectivity index (χ2v) is 9.76. The van der Waals surface area contributed by atoms with Crippen LogP contribution >= 0.6 is 0 Å². The maximum absolute atomic E-state index is 11.6. The number of carbonyl (C=O) groups is 1. The second kappa shape index (κ2) is 10.9. The van der Waals surface area contributed by atoms with Gasteiger partial charge in [-0.15, -0.1) is 0 Å². The van der Waals surface area contributed by atoms with Crippen molar-refractivity contribution < 1.29 is 4.79 Å². The van der Waals surface area contributed by atoms with Gasteiger partial charge >= 0.3 is 0 Å². The lowest BCUT2D eigenvalue weighted by molar-refractivity contribution is -0.122. The van der Waals surface area contributed by atoms with E-state index in [0.29, 0.717) is 30.0 Å². The topological polar surface area (TPSA) is 52.6 Å². The minimum atomic E-state index is 0.286. The molecular formula is C25H43N5O. The molecule has 0 N–H and O–H groups in total. The Morgan fingerprint density at radius 1 is 1.03 bits per heavy atom. The van der Waals surface area contributed by atoms with Gasteiger partial charge in [-0.2, -0.15) is 0 Å². The van der Waals surface area contributed by atoms with Crippen molar-refractivity contribution in [2.24, 2.45) is 5.92 Å². The van der Waals surface area contributed by atoms with Gasteiger partial charge in [0.1, 0.15) is 5.78 Å². The third kappa shape index (κ3) is 5.64. The summed E-state index contributed by atoms with van der Waals surface area (Å²) >= 11 is 0. The summed E-state index contributed by atoms with van der Waals surface area (Å²) in [5, 5.41) is 0. The summed E-state index contributed by atoms with van der Waals surface area (Å²) in [4.78, 5) is 28.6. The molecule has 31 heavy (non-hydrogen) atoms. The molecule has 3 aliphatic rings. The third-order valence-electron chi connectivity index (χ3n) is 7.49. The van der Waals surface area contributed by atoms with Crippen molar-refractivity contribution in [3.8, 4) is 0 Å². The summed E-state index contributed by atoms with van der Waals surface area (Å²) in [5.74, 6) is 1.56. The highest BCUT2D eigenvalue weighted by Gasteiger charge is 2.41. The molecule has 2 bridgehead atoms. The highest BCUT2D eigenvalue weighted by molar-refractivity contribution is 5.78. The third-order valence-corrected chi connectivity index (χ3v) is 7.49. The molecule has 2 saturated heterocycles. The Balaban J connectivity index is 0.00000132. The number of hydrogen-bond acceptors (Lipinski definition) is 6. The number of aromatic nitrogens is 2. The van der Waals surface area contributed by atoms with Crippen LogP contribution in [0.5, 0.6) is 0 Å². The summed E-state index contributed by atoms with van der Waals surface area (Å²) in [5.41, 5.74) is 1.18. The summed E-state index contributed by atoms with van der Waals surface area (Å²) < 4.78 is 0. The lowest BCUT2D eigenvalue weighted by atomic mass is 9.83. The average molecular weight is 430 g/mol. The first-order valence-electron chi connectivity index (χ1n) is 12.5. The number of Topliss-reactive ketones (excluding diaryl/α,β-unsaturated/α-hetero) is 1. The standard InChI is InChI=1S/C23H37N5O.C2H6/c1-16(2)27-14-21-9-10-22(15-27)28(21)23-24-11-18(12-25-23)13-26(4)20-7-5-19(6-8-20)17(3)29;1-2/h11-12,16,19-22H,5-10,13-15H2,1-4H3;1-2H3. The average Bonchev–Trinajstić information content (AvgIpc) is 3.04. The largest absolute Gasteiger partial charge is 0.332 e. The Bertz CT molecular complexity index is 684. The number of likely N-dealkylation sites (tertiary alicyclic amines) is 1. The lowest BCUT2D eigenvalue weighted by Gasteiger charge is -2.42. The molecule has 0 radical (unpaired) electrons. The van der Waals surface area contributed by atoms with Gasteiger partial charge in [0, 0.05) is 67.7 Å². The maximum atomic E-state index is 11.6. The molecule has 6 heteroatoms. The monoisotopic (exact) mass is 429 g/mol. The molecule has 174 valence electrons. The molecule has 0 amide bonds. The highest BCUT2D eigenvalue weighted by Crippen LogP contribution is 2.34. The lowest BCUT2D eigenvalue weighted by Crippen LogP contribution is -2.56. The summed E-state index contributed by atoms with van der Waals surface area (Å²) in [6.45, 7) is 13.5. The number of anilines is 1. The van der Waals surface area contributed by atoms with Gasteiger partial charge in [-0.3, -0.25) is 14.6 Å². The number of ketones is 1. The molecule has 2 atom stereocenters. The number of piperazine rings is 1. The van der Waals surface area contributed by atoms with Crippen LogP contribution in [0.2, 0.25) is 0 Å². The second-order valence-electron chi connectivity index (χ2n) is 9.76. The minimum Gasteiger partial charge on any atom is -0.332 e. The van der Waals surface area contributed by atoms with Crippen LogP contribution in [-0.2, 0) is 11.3 Å². The van der Waals surface area contributed by atoms with Crippen LogP contribution in [0, 0.1) is 5.92 Å². The zero-order valence-electron chi connectivity index (χ0n) is 20.5. The van der Waals surface area contributed by atoms with Crippen molar-refractivity contribution in [1.82, 2.24) is 19.8 Å². The van der Waals surface area contributed by atoms with Crippen LogP contribution in [0.15, 0.2) is 12.4 Å². The first kappa shape index (κ1) is 24.1. The van der Waals surface area contributed by atoms with Gasteiger partial charge in [-0.1, -0.05) is 13.8 Å². The van der Waals surface area contributed by atoms with Crippen molar-refractivity contribution in [2.75, 3.05) is 25.0 Å². The molecule has 3 fully saturated rings. The predicted octanol–water partition coefficient (Wildman–Crippen LogP) is 4.14. The zero-order valence-corrected chi connectivity index (χ0v) is 20.5. The van der Waals surface area contributed by atoms with Gasteiger partial charge in [-0.25, -0.2) is 9.97 Å². The molecule has 1 aromatic heterocycles. The van der Waals surface area contributed by atoms with E-state index in [1.165, 1.54) is 18.4 Å². The molecule has 4 rings (SSSR count). The molecule has 1 aromatic rings. The van der Waals surface area contributed by atoms with E-state index >= 15 is 0 Å². The van der Waals surface area contributed by atoms with E-state index in [4.69, 9.17) is 9.97 Å². The van der Waals surface area contributed by atoms with Crippen molar-refractivity contribution in [2.45, 2.75) is 104 Å². The molecule has 1 saturated carbocycles. The minimum absolute atomic E-state index is 0.286. The van der Waals surface area contributed by atoms with E-state index < -0.39 is 0 Å². The Morgan fingerprint density at radius 2 is 1.58 bits per heavy atom. The Labute approximate surface area is 189 Å². The molecule has 1 aliphatic carbocycles. The maximum Gasteiger partial charge on any atom is 0.225 e. The Hall–Kier alpha value is -1.53. The van der Waals surface area contributed by atoms with Crippen LogP contribution in [0.1, 0.15) is 78.7 Å². The Kier molecular flexibility index (Phi) is 8.45. The number of fused-ring (bicyclic) bond motifs is 2. The van der Waals surface area contributed by atoms with Gasteiger partial charge in [0.15, 0.2) is 0 Å². The van der Waals surface area contributed by atoms with E-state index in [1.54, 1.807) is 6.92 Å². The fourth-order valence-electron chi connectivity index (χ4n) is 5.59. The van der Waals surface area contributed by atoms with Gasteiger partial charge < -0.3 is 4.90 Å². The SMILES string of the molecule is CC.CC(=O)C1CCC(N(C)Cc2cnc(N3C4CCC3CN(C(C)C)C4)nc2)CC1. The molecule has 0 spiro atoms. The zero-order chi connectivity index (χ0) is 22.5. The van der Waals surface area contributed by atoms with E-state index in [0.717, 1.165) is 51.3 Å². The van der Waals surface area contributed by atoms with Crippen LogP contribution in [0.3, 0.4) is 0 Å². The molecule has 2 unspecified atom stereocenters. The predicted molar refractivity (Wildman–Crippen MR) is 127 cm³/mol. The van der Waals surface area contributed by atoms with Crippen molar-refractivity contribution in [1.29, 1.82) is 0 Å². The van der Waals surface area contributed by atoms with Gasteiger partial charge in [0.2, 0.25) is 5.95 Å². The summed E-state index contributed by atoms with van der Waals surface area (Å²) in [6.07, 6.45) is 10.8. The summed E-state index contributed by atoms with van der Waals surface area (Å²) in [7, 11) is 2.19. The van der Waals surface area contributed by atoms with Crippen molar-refractivity contribution in [3.05, 3.63) is 18.0 Å². The van der Waals surface area contributed by atoms with Gasteiger partial charge in [-0.05, 0) is 66.3 Å². The first-order valence-corrected chi connectivity index (χ1v) is 12.5. The number of rotatable bonds is 6. The summed E-state index contributed by atoms with van der Waals surface area (Å²) in [6, 6.07) is 2.29. The number of hydrogen-bond donors (Lipinski definition) is 0. The highest BCUT2D eigenvalue weighted by atomic mass is 16.1. The Morgan fingerprint density at radius 3 is 2.06 bits per heavy atom. The van der Waals surface area contributed by atoms with Gasteiger partial charge in [0.25, 0.3) is 0 Å². The fraction of sp³-hybridized carbons (Fsp3) is 0.800. The van der Waals surface area contributed by atoms with Crippen LogP contribution < -0.4 is 4.90 Å². The van der Waals surface area contributed by atoms with E-state index in [9.17, 15) is 4.79 Å². The molecular weight excluding hydrogens is 386 g/mol. The van der Waals surface area contributed by atoms with E-state index in [2.05, 4.69) is 35.6 Å². The quantitative estimate of drug-likeness (QED) is 0.677. The fourth-order valence-corrected chi connectivity index (χ4v) is 5.59. The molecule has 3 heterocycles. The molecule has 0 aromatic carbocycles. The van der Waals surface area contributed by atoms with Crippen molar-refractivity contribution in [3.63, 3.8) is 0 Å². The van der Waals surface area contributed by atoms with Gasteiger partial charge in [0.05, 0.1) is 0 Å².